The Labute approximate surface area is 187 Å². The Hall–Kier alpha value is -2.84. The number of benzene rings is 1. The molecule has 11 heteroatoms. The van der Waals surface area contributed by atoms with E-state index in [-0.39, 0.29) is 22.0 Å². The maximum absolute atomic E-state index is 9.09. The van der Waals surface area contributed by atoms with E-state index in [0.717, 1.165) is 5.56 Å². The monoisotopic (exact) mass is 463 g/mol. The Kier molecular flexibility index (Phi) is 6.02. The number of furan rings is 1. The number of rotatable bonds is 5. The lowest BCUT2D eigenvalue weighted by Gasteiger charge is -2.29. The minimum absolute atomic E-state index is 0.256. The number of fused-ring (bicyclic) bond motifs is 1. The Morgan fingerprint density at radius 3 is 2.58 bits per heavy atom. The predicted octanol–water partition coefficient (Wildman–Crippen LogP) is 5.58. The summed E-state index contributed by atoms with van der Waals surface area (Å²) in [5.74, 6) is 1.13. The lowest BCUT2D eigenvalue weighted by atomic mass is 9.86. The molecule has 2 aromatic heterocycles. The number of nitrogens with zero attached hydrogens (tertiary/aromatic N) is 4. The van der Waals surface area contributed by atoms with Crippen LogP contribution in [0.4, 0.5) is 5.82 Å². The van der Waals surface area contributed by atoms with Gasteiger partial charge in [-0.15, -0.1) is 0 Å². The summed E-state index contributed by atoms with van der Waals surface area (Å²) in [5, 5.41) is 5.22. The van der Waals surface area contributed by atoms with Crippen LogP contribution in [0.1, 0.15) is 17.9 Å². The molecule has 0 amide bonds. The van der Waals surface area contributed by atoms with E-state index in [1.807, 2.05) is 0 Å². The van der Waals surface area contributed by atoms with Gasteiger partial charge in [-0.2, -0.15) is 0 Å². The van der Waals surface area contributed by atoms with Crippen molar-refractivity contribution in [2.24, 2.45) is 5.11 Å². The topological polar surface area (TPSA) is 129 Å². The highest BCUT2D eigenvalue weighted by Crippen LogP contribution is 2.51. The van der Waals surface area contributed by atoms with Crippen molar-refractivity contribution in [1.29, 1.82) is 0 Å². The Morgan fingerprint density at radius 2 is 1.94 bits per heavy atom. The van der Waals surface area contributed by atoms with Gasteiger partial charge in [-0.1, -0.05) is 28.3 Å². The van der Waals surface area contributed by atoms with Gasteiger partial charge in [0.15, 0.2) is 5.58 Å². The van der Waals surface area contributed by atoms with Crippen LogP contribution >= 0.6 is 23.2 Å². The molecule has 1 aromatic carbocycles. The maximum Gasteiger partial charge on any atom is 0.153 e. The molecule has 0 unspecified atom stereocenters. The first-order chi connectivity index (χ1) is 15.0. The maximum atomic E-state index is 9.09. The second kappa shape index (κ2) is 8.72. The third kappa shape index (κ3) is 3.70. The summed E-state index contributed by atoms with van der Waals surface area (Å²) in [6, 6.07) is 2.96. The molecular weight excluding hydrogens is 445 g/mol. The van der Waals surface area contributed by atoms with Crippen molar-refractivity contribution in [3.63, 3.8) is 0 Å². The third-order valence-corrected chi connectivity index (χ3v) is 6.08. The van der Waals surface area contributed by atoms with Crippen molar-refractivity contribution in [1.82, 2.24) is 4.98 Å². The van der Waals surface area contributed by atoms with Gasteiger partial charge >= 0.3 is 0 Å². The molecule has 9 nitrogen and oxygen atoms in total. The number of anilines is 1. The lowest BCUT2D eigenvalue weighted by Crippen LogP contribution is -2.28. The summed E-state index contributed by atoms with van der Waals surface area (Å²) in [5.41, 5.74) is 16.7. The number of nitrogen functional groups attached to an aromatic ring is 1. The van der Waals surface area contributed by atoms with Crippen LogP contribution in [0.15, 0.2) is 27.9 Å². The summed E-state index contributed by atoms with van der Waals surface area (Å²) in [7, 11) is 2.99. The highest BCUT2D eigenvalue weighted by molar-refractivity contribution is 6.41. The Balaban J connectivity index is 2.07. The van der Waals surface area contributed by atoms with Gasteiger partial charge in [0.05, 0.1) is 42.6 Å². The van der Waals surface area contributed by atoms with Crippen molar-refractivity contribution in [2.45, 2.75) is 18.4 Å². The number of methoxy groups -OCH3 is 2. The molecule has 162 valence electrons. The summed E-state index contributed by atoms with van der Waals surface area (Å²) in [6.45, 7) is 0.813. The van der Waals surface area contributed by atoms with E-state index in [4.69, 9.17) is 53.1 Å². The van der Waals surface area contributed by atoms with Crippen LogP contribution in [0.25, 0.3) is 32.7 Å². The second-order valence-electron chi connectivity index (χ2n) is 6.98. The quantitative estimate of drug-likeness (QED) is 0.298. The molecule has 0 bridgehead atoms. The van der Waals surface area contributed by atoms with E-state index in [0.29, 0.717) is 59.2 Å². The number of halogens is 2. The van der Waals surface area contributed by atoms with E-state index >= 15 is 0 Å². The van der Waals surface area contributed by atoms with Crippen LogP contribution in [-0.4, -0.2) is 38.5 Å². The number of hydrogen-bond donors (Lipinski definition) is 1. The van der Waals surface area contributed by atoms with Crippen LogP contribution in [0, 0.1) is 0 Å². The highest BCUT2D eigenvalue weighted by atomic mass is 35.5. The van der Waals surface area contributed by atoms with Gasteiger partial charge in [-0.05, 0) is 18.0 Å². The van der Waals surface area contributed by atoms with Crippen LogP contribution < -0.4 is 15.2 Å². The van der Waals surface area contributed by atoms with Crippen LogP contribution in [0.3, 0.4) is 0 Å². The van der Waals surface area contributed by atoms with Crippen molar-refractivity contribution in [3.8, 4) is 22.8 Å². The fraction of sp³-hybridized carbons (Fsp3) is 0.350. The number of nitrogens with two attached hydrogens (primary N) is 1. The van der Waals surface area contributed by atoms with Gasteiger partial charge in [0.25, 0.3) is 0 Å². The van der Waals surface area contributed by atoms with E-state index in [1.54, 1.807) is 12.1 Å². The molecule has 3 aromatic rings. The molecule has 0 aliphatic carbocycles. The van der Waals surface area contributed by atoms with Crippen molar-refractivity contribution in [3.05, 3.63) is 44.4 Å². The summed E-state index contributed by atoms with van der Waals surface area (Å²) in [4.78, 5) is 7.14. The zero-order valence-electron chi connectivity index (χ0n) is 16.8. The Morgan fingerprint density at radius 1 is 1.23 bits per heavy atom. The molecule has 1 saturated heterocycles. The molecule has 0 spiro atoms. The largest absolute Gasteiger partial charge is 0.495 e. The van der Waals surface area contributed by atoms with Gasteiger partial charge in [-0.25, -0.2) is 4.98 Å². The molecule has 1 fully saturated rings. The van der Waals surface area contributed by atoms with Crippen molar-refractivity contribution in [2.75, 3.05) is 33.2 Å². The Bertz CT molecular complexity index is 1160. The molecule has 0 radical (unpaired) electrons. The summed E-state index contributed by atoms with van der Waals surface area (Å²) >= 11 is 13.3. The summed E-state index contributed by atoms with van der Waals surface area (Å²) < 4.78 is 22.7. The molecule has 3 heterocycles. The number of aromatic nitrogens is 1. The summed E-state index contributed by atoms with van der Waals surface area (Å²) in [6.07, 6.45) is 2.09. The molecular formula is C20H19Cl2N5O4. The van der Waals surface area contributed by atoms with Crippen LogP contribution in [-0.2, 0) is 4.74 Å². The first kappa shape index (κ1) is 21.4. The smallest absolute Gasteiger partial charge is 0.153 e. The number of azide groups is 1. The van der Waals surface area contributed by atoms with Crippen molar-refractivity contribution >= 4 is 40.0 Å². The van der Waals surface area contributed by atoms with E-state index in [1.165, 1.54) is 20.4 Å². The zero-order chi connectivity index (χ0) is 22.1. The lowest BCUT2D eigenvalue weighted by molar-refractivity contribution is 0.0695. The fourth-order valence-corrected chi connectivity index (χ4v) is 4.56. The average Bonchev–Trinajstić information content (AvgIpc) is 3.12. The van der Waals surface area contributed by atoms with Gasteiger partial charge in [0, 0.05) is 40.5 Å². The van der Waals surface area contributed by atoms with E-state index in [9.17, 15) is 0 Å². The average molecular weight is 464 g/mol. The van der Waals surface area contributed by atoms with Crippen LogP contribution in [0.2, 0.25) is 10.0 Å². The van der Waals surface area contributed by atoms with E-state index < -0.39 is 0 Å². The standard InChI is InChI=1S/C20H19Cl2N5O4/c1-28-12-6-13(29-2)19(22)17(18(12)21)20-16(9-5-15(23)25-7-14(9)31-20)10-8-30-4-3-11(10)26-27-24/h5-7,10-11H,3-4,8H2,1-2H3,(H2,23,25)/t10-,11+/m1/s1. The number of hydrogen-bond acceptors (Lipinski definition) is 7. The molecule has 1 aliphatic heterocycles. The molecule has 2 atom stereocenters. The van der Waals surface area contributed by atoms with Crippen LogP contribution in [0.5, 0.6) is 11.5 Å². The first-order valence-electron chi connectivity index (χ1n) is 9.40. The van der Waals surface area contributed by atoms with Gasteiger partial charge in [0.2, 0.25) is 0 Å². The van der Waals surface area contributed by atoms with Gasteiger partial charge < -0.3 is 24.4 Å². The highest BCUT2D eigenvalue weighted by Gasteiger charge is 2.35. The number of ether oxygens (including phenoxy) is 3. The third-order valence-electron chi connectivity index (χ3n) is 5.33. The molecule has 4 rings (SSSR count). The second-order valence-corrected chi connectivity index (χ2v) is 7.73. The van der Waals surface area contributed by atoms with E-state index in [2.05, 4.69) is 15.0 Å². The minimum atomic E-state index is -0.349. The SMILES string of the molecule is COc1cc(OC)c(Cl)c(-c2oc3cnc(N)cc3c2[C@@H]2COCC[C@@H]2N=[N+]=[N-])c1Cl. The molecule has 2 N–H and O–H groups in total. The normalized spacial score (nSPS) is 18.6. The minimum Gasteiger partial charge on any atom is -0.495 e. The molecule has 31 heavy (non-hydrogen) atoms. The van der Waals surface area contributed by atoms with Crippen molar-refractivity contribution < 1.29 is 18.6 Å². The zero-order valence-corrected chi connectivity index (χ0v) is 18.3. The number of pyridine rings is 1. The fourth-order valence-electron chi connectivity index (χ4n) is 3.88. The predicted molar refractivity (Wildman–Crippen MR) is 118 cm³/mol. The van der Waals surface area contributed by atoms with Gasteiger partial charge in [-0.3, -0.25) is 0 Å². The molecule has 1 aliphatic rings. The first-order valence-corrected chi connectivity index (χ1v) is 10.2. The molecule has 0 saturated carbocycles. The van der Waals surface area contributed by atoms with Gasteiger partial charge in [0.1, 0.15) is 23.1 Å².